The molecule has 2 unspecified atom stereocenters. The van der Waals surface area contributed by atoms with E-state index in [2.05, 4.69) is 5.32 Å². The van der Waals surface area contributed by atoms with Crippen molar-refractivity contribution in [2.45, 2.75) is 50.5 Å². The second-order valence-corrected chi connectivity index (χ2v) is 10.7. The molecule has 1 aliphatic heterocycles. The van der Waals surface area contributed by atoms with E-state index in [9.17, 15) is 27.9 Å². The summed E-state index contributed by atoms with van der Waals surface area (Å²) in [7, 11) is 0. The lowest BCUT2D eigenvalue weighted by atomic mass is 10.0. The molecule has 39 heavy (non-hydrogen) atoms. The van der Waals surface area contributed by atoms with Crippen molar-refractivity contribution in [1.29, 1.82) is 0 Å². The SMILES string of the molecule is Cc1ccc(OC[C@H](O)CN2CCC(NC(=O)c3cn(C4CC4F)c4cc(Cl)c(F)cc4c3=O)CC2)cc1F. The first kappa shape index (κ1) is 27.5. The third kappa shape index (κ3) is 6.08. The molecule has 2 aliphatic rings. The summed E-state index contributed by atoms with van der Waals surface area (Å²) >= 11 is 5.90. The number of fused-ring (bicyclic) bond motifs is 1. The van der Waals surface area contributed by atoms with Gasteiger partial charge in [-0.25, -0.2) is 13.2 Å². The van der Waals surface area contributed by atoms with Gasteiger partial charge in [0.15, 0.2) is 0 Å². The highest BCUT2D eigenvalue weighted by molar-refractivity contribution is 6.31. The number of pyridine rings is 1. The number of β-amino-alcohol motifs (C(OH)–C–C–N with tert-alkyl or cyclic N) is 1. The lowest BCUT2D eigenvalue weighted by Crippen LogP contribution is -2.47. The quantitative estimate of drug-likeness (QED) is 0.430. The molecule has 2 fully saturated rings. The summed E-state index contributed by atoms with van der Waals surface area (Å²) in [5, 5.41) is 13.0. The lowest BCUT2D eigenvalue weighted by molar-refractivity contribution is 0.0567. The molecule has 7 nitrogen and oxygen atoms in total. The molecule has 1 aliphatic carbocycles. The fourth-order valence-corrected chi connectivity index (χ4v) is 5.11. The molecule has 2 heterocycles. The van der Waals surface area contributed by atoms with E-state index in [0.29, 0.717) is 43.8 Å². The monoisotopic (exact) mass is 563 g/mol. The Bertz CT molecular complexity index is 1460. The van der Waals surface area contributed by atoms with Crippen molar-refractivity contribution in [2.75, 3.05) is 26.2 Å². The number of aliphatic hydroxyl groups excluding tert-OH is 1. The number of aryl methyl sites for hydroxylation is 1. The minimum Gasteiger partial charge on any atom is -0.491 e. The van der Waals surface area contributed by atoms with E-state index in [-0.39, 0.29) is 46.4 Å². The van der Waals surface area contributed by atoms with Crippen LogP contribution < -0.4 is 15.5 Å². The maximum absolute atomic E-state index is 14.2. The minimum atomic E-state index is -1.11. The average molecular weight is 564 g/mol. The Morgan fingerprint density at radius 3 is 2.59 bits per heavy atom. The Balaban J connectivity index is 1.18. The zero-order valence-electron chi connectivity index (χ0n) is 21.3. The van der Waals surface area contributed by atoms with Crippen LogP contribution in [-0.2, 0) is 0 Å². The van der Waals surface area contributed by atoms with Gasteiger partial charge >= 0.3 is 0 Å². The highest BCUT2D eigenvalue weighted by Crippen LogP contribution is 2.41. The van der Waals surface area contributed by atoms with Crippen LogP contribution in [0.4, 0.5) is 13.2 Å². The number of halogens is 4. The molecule has 1 saturated carbocycles. The summed E-state index contributed by atoms with van der Waals surface area (Å²) < 4.78 is 48.7. The fraction of sp³-hybridized carbons (Fsp3) is 0.429. The number of likely N-dealkylation sites (tertiary alicyclic amines) is 1. The Morgan fingerprint density at radius 1 is 1.21 bits per heavy atom. The molecule has 0 bridgehead atoms. The number of rotatable bonds is 8. The Hall–Kier alpha value is -3.08. The van der Waals surface area contributed by atoms with Crippen LogP contribution >= 0.6 is 11.6 Å². The van der Waals surface area contributed by atoms with E-state index in [1.54, 1.807) is 19.1 Å². The van der Waals surface area contributed by atoms with E-state index < -0.39 is 35.5 Å². The number of hydrogen-bond acceptors (Lipinski definition) is 5. The van der Waals surface area contributed by atoms with E-state index in [4.69, 9.17) is 16.3 Å². The average Bonchev–Trinajstić information content (AvgIpc) is 3.63. The van der Waals surface area contributed by atoms with E-state index in [1.807, 2.05) is 4.90 Å². The van der Waals surface area contributed by atoms with E-state index >= 15 is 0 Å². The number of nitrogens with one attached hydrogen (secondary N) is 1. The molecule has 1 amide bonds. The summed E-state index contributed by atoms with van der Waals surface area (Å²) in [6, 6.07) is 6.08. The molecule has 2 N–H and O–H groups in total. The van der Waals surface area contributed by atoms with E-state index in [1.165, 1.54) is 22.9 Å². The van der Waals surface area contributed by atoms with Gasteiger partial charge in [0.25, 0.3) is 5.91 Å². The van der Waals surface area contributed by atoms with Crippen molar-refractivity contribution in [1.82, 2.24) is 14.8 Å². The van der Waals surface area contributed by atoms with Gasteiger partial charge in [-0.3, -0.25) is 9.59 Å². The molecule has 0 spiro atoms. The minimum absolute atomic E-state index is 0.0138. The molecule has 5 rings (SSSR count). The zero-order chi connectivity index (χ0) is 27.8. The predicted molar refractivity (Wildman–Crippen MR) is 141 cm³/mol. The number of carbonyl (C=O) groups is 1. The number of piperidine rings is 1. The van der Waals surface area contributed by atoms with Gasteiger partial charge in [0, 0.05) is 49.7 Å². The second kappa shape index (κ2) is 11.2. The standard InChI is InChI=1S/C28H29ClF3N3O4/c1-15-2-3-18(8-22(15)30)39-14-17(36)12-34-6-4-16(5-7-34)33-28(38)20-13-35(26-11-24(26)32)25-10-21(29)23(31)9-19(25)27(20)37/h2-3,8-10,13,16-17,24,26,36H,4-7,11-12,14H2,1H3,(H,33,38)/t17-,24?,26?/m1/s1. The number of ether oxygens (including phenoxy) is 1. The number of amides is 1. The van der Waals surface area contributed by atoms with Crippen molar-refractivity contribution < 1.29 is 27.8 Å². The summed E-state index contributed by atoms with van der Waals surface area (Å²) in [4.78, 5) is 28.2. The second-order valence-electron chi connectivity index (χ2n) is 10.3. The van der Waals surface area contributed by atoms with Gasteiger partial charge in [-0.2, -0.15) is 0 Å². The van der Waals surface area contributed by atoms with Crippen LogP contribution in [-0.4, -0.2) is 65.0 Å². The van der Waals surface area contributed by atoms with Crippen LogP contribution in [0.1, 0.15) is 41.2 Å². The van der Waals surface area contributed by atoms with Crippen LogP contribution in [0, 0.1) is 18.6 Å². The molecule has 1 saturated heterocycles. The third-order valence-electron chi connectivity index (χ3n) is 7.33. The van der Waals surface area contributed by atoms with Crippen molar-refractivity contribution in [3.05, 3.63) is 74.5 Å². The van der Waals surface area contributed by atoms with Gasteiger partial charge in [0.2, 0.25) is 5.43 Å². The van der Waals surface area contributed by atoms with Crippen LogP contribution in [0.2, 0.25) is 5.02 Å². The normalized spacial score (nSPS) is 20.7. The van der Waals surface area contributed by atoms with Crippen molar-refractivity contribution in [3.63, 3.8) is 0 Å². The number of hydrogen-bond donors (Lipinski definition) is 2. The molecule has 3 aromatic rings. The van der Waals surface area contributed by atoms with Gasteiger partial charge in [-0.05, 0) is 43.5 Å². The molecule has 1 aromatic heterocycles. The zero-order valence-corrected chi connectivity index (χ0v) is 22.1. The first-order chi connectivity index (χ1) is 18.6. The highest BCUT2D eigenvalue weighted by Gasteiger charge is 2.40. The van der Waals surface area contributed by atoms with Crippen molar-refractivity contribution >= 4 is 28.4 Å². The number of aromatic nitrogens is 1. The number of carbonyl (C=O) groups excluding carboxylic acids is 1. The lowest BCUT2D eigenvalue weighted by Gasteiger charge is -2.33. The molecule has 3 atom stereocenters. The molecular weight excluding hydrogens is 535 g/mol. The topological polar surface area (TPSA) is 83.8 Å². The predicted octanol–water partition coefficient (Wildman–Crippen LogP) is 4.16. The Morgan fingerprint density at radius 2 is 1.92 bits per heavy atom. The first-order valence-corrected chi connectivity index (χ1v) is 13.3. The number of nitrogens with zero attached hydrogens (tertiary/aromatic N) is 2. The summed E-state index contributed by atoms with van der Waals surface area (Å²) in [6.07, 6.45) is 0.855. The largest absolute Gasteiger partial charge is 0.491 e. The summed E-state index contributed by atoms with van der Waals surface area (Å²) in [6.45, 7) is 3.21. The molecule has 11 heteroatoms. The number of aliphatic hydroxyl groups is 1. The van der Waals surface area contributed by atoms with Gasteiger partial charge in [-0.15, -0.1) is 0 Å². The van der Waals surface area contributed by atoms with Crippen LogP contribution in [0.5, 0.6) is 5.75 Å². The third-order valence-corrected chi connectivity index (χ3v) is 7.62. The summed E-state index contributed by atoms with van der Waals surface area (Å²) in [5.41, 5.74) is -0.0130. The van der Waals surface area contributed by atoms with Gasteiger partial charge in [0.05, 0.1) is 16.6 Å². The smallest absolute Gasteiger partial charge is 0.256 e. The molecular formula is C28H29ClF3N3O4. The first-order valence-electron chi connectivity index (χ1n) is 12.9. The molecule has 0 radical (unpaired) electrons. The van der Waals surface area contributed by atoms with Crippen LogP contribution in [0.15, 0.2) is 41.3 Å². The van der Waals surface area contributed by atoms with Gasteiger partial charge < -0.3 is 24.6 Å². The van der Waals surface area contributed by atoms with Crippen molar-refractivity contribution in [3.8, 4) is 5.75 Å². The maximum Gasteiger partial charge on any atom is 0.256 e. The highest BCUT2D eigenvalue weighted by atomic mass is 35.5. The Labute approximate surface area is 228 Å². The number of benzene rings is 2. The van der Waals surface area contributed by atoms with E-state index in [0.717, 1.165) is 6.07 Å². The molecule has 2 aromatic carbocycles. The van der Waals surface area contributed by atoms with Crippen LogP contribution in [0.25, 0.3) is 10.9 Å². The van der Waals surface area contributed by atoms with Crippen molar-refractivity contribution in [2.24, 2.45) is 0 Å². The Kier molecular flexibility index (Phi) is 7.89. The van der Waals surface area contributed by atoms with Gasteiger partial charge in [0.1, 0.15) is 41.8 Å². The van der Waals surface area contributed by atoms with Gasteiger partial charge in [-0.1, -0.05) is 17.7 Å². The van der Waals surface area contributed by atoms with Crippen LogP contribution in [0.3, 0.4) is 0 Å². The number of alkyl halides is 1. The fourth-order valence-electron chi connectivity index (χ4n) is 4.95. The molecule has 208 valence electrons. The summed E-state index contributed by atoms with van der Waals surface area (Å²) in [5.74, 6) is -1.41. The maximum atomic E-state index is 14.2.